The molecule has 4 N–H and O–H groups in total. The van der Waals surface area contributed by atoms with Crippen LogP contribution in [-0.2, 0) is 4.79 Å². The summed E-state index contributed by atoms with van der Waals surface area (Å²) in [6.07, 6.45) is 9.22. The molecule has 0 saturated heterocycles. The number of oxime groups is 1. The number of rotatable bonds is 5. The van der Waals surface area contributed by atoms with Crippen LogP contribution >= 0.6 is 11.8 Å². The Balaban J connectivity index is 1.97. The van der Waals surface area contributed by atoms with E-state index in [0.717, 1.165) is 19.3 Å². The summed E-state index contributed by atoms with van der Waals surface area (Å²) in [4.78, 5) is 12.4. The predicted octanol–water partition coefficient (Wildman–Crippen LogP) is 1.70. The third-order valence-electron chi connectivity index (χ3n) is 4.76. The van der Waals surface area contributed by atoms with Crippen molar-refractivity contribution < 1.29 is 10.0 Å². The molecular formula is C13H23N3O2S. The molecule has 0 aromatic carbocycles. The zero-order valence-corrected chi connectivity index (χ0v) is 12.3. The lowest BCUT2D eigenvalue weighted by Crippen LogP contribution is -2.55. The summed E-state index contributed by atoms with van der Waals surface area (Å²) in [5, 5.41) is 14.9. The molecule has 2 fully saturated rings. The monoisotopic (exact) mass is 285 g/mol. The van der Waals surface area contributed by atoms with E-state index in [1.54, 1.807) is 0 Å². The fourth-order valence-electron chi connectivity index (χ4n) is 3.11. The number of amides is 1. The zero-order valence-electron chi connectivity index (χ0n) is 11.4. The summed E-state index contributed by atoms with van der Waals surface area (Å²) >= 11 is 1.85. The van der Waals surface area contributed by atoms with E-state index in [0.29, 0.717) is 19.4 Å². The van der Waals surface area contributed by atoms with Crippen LogP contribution in [0.2, 0.25) is 0 Å². The molecule has 0 atom stereocenters. The Kier molecular flexibility index (Phi) is 4.28. The lowest BCUT2D eigenvalue weighted by atomic mass is 9.67. The van der Waals surface area contributed by atoms with E-state index in [9.17, 15) is 4.79 Å². The van der Waals surface area contributed by atoms with Crippen LogP contribution < -0.4 is 11.1 Å². The lowest BCUT2D eigenvalue weighted by Gasteiger charge is -2.39. The number of nitrogens with two attached hydrogens (primary N) is 1. The molecule has 1 amide bonds. The molecule has 0 bridgehead atoms. The van der Waals surface area contributed by atoms with E-state index < -0.39 is 5.41 Å². The van der Waals surface area contributed by atoms with Crippen LogP contribution in [0.5, 0.6) is 0 Å². The Morgan fingerprint density at radius 3 is 2.37 bits per heavy atom. The Bertz CT molecular complexity index is 374. The molecule has 2 saturated carbocycles. The molecule has 108 valence electrons. The van der Waals surface area contributed by atoms with Crippen LogP contribution in [0.15, 0.2) is 5.16 Å². The van der Waals surface area contributed by atoms with Gasteiger partial charge in [-0.05, 0) is 31.9 Å². The van der Waals surface area contributed by atoms with E-state index in [1.807, 2.05) is 11.8 Å². The van der Waals surface area contributed by atoms with Gasteiger partial charge in [-0.3, -0.25) is 4.79 Å². The fraction of sp³-hybridized carbons (Fsp3) is 0.846. The van der Waals surface area contributed by atoms with Gasteiger partial charge in [0.1, 0.15) is 5.41 Å². The molecule has 0 radical (unpaired) electrons. The molecule has 6 heteroatoms. The maximum atomic E-state index is 12.4. The molecule has 19 heavy (non-hydrogen) atoms. The topological polar surface area (TPSA) is 87.7 Å². The van der Waals surface area contributed by atoms with Crippen molar-refractivity contribution in [2.24, 2.45) is 16.3 Å². The fourth-order valence-corrected chi connectivity index (χ4v) is 4.02. The second-order valence-electron chi connectivity index (χ2n) is 5.70. The van der Waals surface area contributed by atoms with Crippen LogP contribution in [0, 0.1) is 5.41 Å². The van der Waals surface area contributed by atoms with Gasteiger partial charge in [0, 0.05) is 11.3 Å². The van der Waals surface area contributed by atoms with Crippen molar-refractivity contribution in [2.45, 2.75) is 49.7 Å². The van der Waals surface area contributed by atoms with Gasteiger partial charge in [-0.1, -0.05) is 24.4 Å². The molecule has 2 aliphatic rings. The van der Waals surface area contributed by atoms with Gasteiger partial charge in [0.2, 0.25) is 5.91 Å². The van der Waals surface area contributed by atoms with Gasteiger partial charge in [0.05, 0.1) is 0 Å². The highest BCUT2D eigenvalue weighted by atomic mass is 32.2. The molecule has 2 aliphatic carbocycles. The number of hydrogen-bond acceptors (Lipinski definition) is 4. The molecule has 0 unspecified atom stereocenters. The highest BCUT2D eigenvalue weighted by Crippen LogP contribution is 2.43. The number of nitrogens with zero attached hydrogens (tertiary/aromatic N) is 1. The van der Waals surface area contributed by atoms with Gasteiger partial charge in [-0.15, -0.1) is 0 Å². The molecular weight excluding hydrogens is 262 g/mol. The second-order valence-corrected chi connectivity index (χ2v) is 6.97. The summed E-state index contributed by atoms with van der Waals surface area (Å²) in [6.45, 7) is 0.688. The van der Waals surface area contributed by atoms with Crippen molar-refractivity contribution in [1.29, 1.82) is 0 Å². The van der Waals surface area contributed by atoms with Gasteiger partial charge in [0.25, 0.3) is 0 Å². The quantitative estimate of drug-likeness (QED) is 0.310. The maximum absolute atomic E-state index is 12.4. The van der Waals surface area contributed by atoms with Crippen LogP contribution in [0.1, 0.15) is 44.9 Å². The smallest absolute Gasteiger partial charge is 0.234 e. The minimum absolute atomic E-state index is 0.0564. The highest BCUT2D eigenvalue weighted by molar-refractivity contribution is 8.00. The number of carbonyl (C=O) groups excluding carboxylic acids is 1. The van der Waals surface area contributed by atoms with Crippen LogP contribution in [-0.4, -0.2) is 34.5 Å². The lowest BCUT2D eigenvalue weighted by molar-refractivity contribution is -0.131. The van der Waals surface area contributed by atoms with Gasteiger partial charge < -0.3 is 16.3 Å². The van der Waals surface area contributed by atoms with Crippen molar-refractivity contribution in [3.05, 3.63) is 0 Å². The average Bonchev–Trinajstić information content (AvgIpc) is 2.84. The number of hydrogen-bond donors (Lipinski definition) is 3. The molecule has 0 spiro atoms. The maximum Gasteiger partial charge on any atom is 0.234 e. The first kappa shape index (κ1) is 14.5. The van der Waals surface area contributed by atoms with Crippen molar-refractivity contribution >= 4 is 23.5 Å². The Labute approximate surface area is 118 Å². The molecule has 0 heterocycles. The van der Waals surface area contributed by atoms with Gasteiger partial charge in [-0.2, -0.15) is 11.8 Å². The summed E-state index contributed by atoms with van der Waals surface area (Å²) in [7, 11) is 0. The summed E-state index contributed by atoms with van der Waals surface area (Å²) in [6, 6.07) is 0. The van der Waals surface area contributed by atoms with Gasteiger partial charge in [0.15, 0.2) is 5.84 Å². The number of amidine groups is 1. The first-order valence-electron chi connectivity index (χ1n) is 6.90. The Hall–Kier alpha value is -0.910. The molecule has 0 aromatic rings. The van der Waals surface area contributed by atoms with E-state index in [4.69, 9.17) is 10.9 Å². The molecule has 0 aromatic heterocycles. The van der Waals surface area contributed by atoms with E-state index in [1.165, 1.54) is 12.8 Å². The summed E-state index contributed by atoms with van der Waals surface area (Å²) < 4.78 is 0.186. The first-order chi connectivity index (χ1) is 9.08. The van der Waals surface area contributed by atoms with Crippen molar-refractivity contribution in [3.63, 3.8) is 0 Å². The first-order valence-corrected chi connectivity index (χ1v) is 8.12. The molecule has 0 aliphatic heterocycles. The SMILES string of the molecule is CSC1(CNC(=O)C2(C(N)=NO)CCC2)CCCC1. The number of thioether (sulfide) groups is 1. The summed E-state index contributed by atoms with van der Waals surface area (Å²) in [5.41, 5.74) is 4.94. The zero-order chi connectivity index (χ0) is 13.9. The number of carbonyl (C=O) groups is 1. The van der Waals surface area contributed by atoms with E-state index in [-0.39, 0.29) is 16.5 Å². The van der Waals surface area contributed by atoms with E-state index in [2.05, 4.69) is 16.7 Å². The van der Waals surface area contributed by atoms with Crippen molar-refractivity contribution in [1.82, 2.24) is 5.32 Å². The Morgan fingerprint density at radius 1 is 1.32 bits per heavy atom. The van der Waals surface area contributed by atoms with E-state index >= 15 is 0 Å². The third-order valence-corrected chi connectivity index (χ3v) is 6.18. The highest BCUT2D eigenvalue weighted by Gasteiger charge is 2.49. The second kappa shape index (κ2) is 5.61. The minimum Gasteiger partial charge on any atom is -0.409 e. The number of nitrogens with one attached hydrogen (secondary N) is 1. The Morgan fingerprint density at radius 2 is 1.95 bits per heavy atom. The van der Waals surface area contributed by atoms with Crippen LogP contribution in [0.25, 0.3) is 0 Å². The largest absolute Gasteiger partial charge is 0.409 e. The van der Waals surface area contributed by atoms with Crippen molar-refractivity contribution in [2.75, 3.05) is 12.8 Å². The van der Waals surface area contributed by atoms with Crippen LogP contribution in [0.3, 0.4) is 0 Å². The third kappa shape index (κ3) is 2.55. The van der Waals surface area contributed by atoms with Crippen molar-refractivity contribution in [3.8, 4) is 0 Å². The standard InChI is InChI=1S/C13H23N3O2S/c1-19-12(5-2-3-6-12)9-15-11(17)13(7-4-8-13)10(14)16-18/h18H,2-9H2,1H3,(H2,14,16)(H,15,17). The average molecular weight is 285 g/mol. The minimum atomic E-state index is -0.757. The summed E-state index contributed by atoms with van der Waals surface area (Å²) in [5.74, 6) is -0.0183. The molecule has 5 nitrogen and oxygen atoms in total. The normalized spacial score (nSPS) is 24.8. The van der Waals surface area contributed by atoms with Gasteiger partial charge >= 0.3 is 0 Å². The molecule has 2 rings (SSSR count). The predicted molar refractivity (Wildman–Crippen MR) is 77.4 cm³/mol. The van der Waals surface area contributed by atoms with Crippen LogP contribution in [0.4, 0.5) is 0 Å². The van der Waals surface area contributed by atoms with Gasteiger partial charge in [-0.25, -0.2) is 0 Å².